The Labute approximate surface area is 51.6 Å². The minimum Gasteiger partial charge on any atom is -0.308 e. The fourth-order valence-electron chi connectivity index (χ4n) is 0.245. The Morgan fingerprint density at radius 3 is 2.50 bits per heavy atom. The first kappa shape index (κ1) is 4.84. The molecule has 1 nitrogen and oxygen atoms in total. The molecular weight excluding hydrogens is 189 g/mol. The maximum atomic E-state index is 3.25. The second-order valence-electron chi connectivity index (χ2n) is 2.05. The van der Waals surface area contributed by atoms with E-state index in [9.17, 15) is 0 Å². The van der Waals surface area contributed by atoms with Crippen LogP contribution < -0.4 is 5.32 Å². The SMILES string of the molecule is C[C@]1(CI)CN1. The van der Waals surface area contributed by atoms with Crippen LogP contribution in [-0.4, -0.2) is 16.5 Å². The van der Waals surface area contributed by atoms with Crippen molar-refractivity contribution in [3.63, 3.8) is 0 Å². The molecule has 6 heavy (non-hydrogen) atoms. The van der Waals surface area contributed by atoms with Gasteiger partial charge in [0.05, 0.1) is 0 Å². The van der Waals surface area contributed by atoms with Gasteiger partial charge in [0.15, 0.2) is 0 Å². The number of nitrogens with one attached hydrogen (secondary N) is 1. The zero-order chi connectivity index (χ0) is 4.62. The Kier molecular flexibility index (Phi) is 1.08. The van der Waals surface area contributed by atoms with Crippen molar-refractivity contribution in [1.29, 1.82) is 0 Å². The largest absolute Gasteiger partial charge is 0.308 e. The van der Waals surface area contributed by atoms with E-state index < -0.39 is 0 Å². The number of alkyl halides is 1. The van der Waals surface area contributed by atoms with E-state index in [0.29, 0.717) is 5.54 Å². The molecule has 1 saturated heterocycles. The van der Waals surface area contributed by atoms with Gasteiger partial charge in [-0.05, 0) is 6.92 Å². The Hall–Kier alpha value is 0.690. The summed E-state index contributed by atoms with van der Waals surface area (Å²) in [6.07, 6.45) is 0. The molecule has 36 valence electrons. The number of hydrogen-bond acceptors (Lipinski definition) is 1. The number of hydrogen-bond donors (Lipinski definition) is 1. The summed E-state index contributed by atoms with van der Waals surface area (Å²) in [7, 11) is 0. The van der Waals surface area contributed by atoms with Gasteiger partial charge in [0, 0.05) is 16.5 Å². The van der Waals surface area contributed by atoms with Gasteiger partial charge >= 0.3 is 0 Å². The van der Waals surface area contributed by atoms with Gasteiger partial charge in [-0.3, -0.25) is 0 Å². The maximum Gasteiger partial charge on any atom is 0.0368 e. The average molecular weight is 197 g/mol. The van der Waals surface area contributed by atoms with E-state index in [1.807, 2.05) is 0 Å². The van der Waals surface area contributed by atoms with E-state index >= 15 is 0 Å². The lowest BCUT2D eigenvalue weighted by atomic mass is 10.2. The highest BCUT2D eigenvalue weighted by Gasteiger charge is 2.34. The lowest BCUT2D eigenvalue weighted by molar-refractivity contribution is 0.812. The van der Waals surface area contributed by atoms with Crippen molar-refractivity contribution in [2.45, 2.75) is 12.5 Å². The molecule has 0 aromatic rings. The van der Waals surface area contributed by atoms with Gasteiger partial charge in [0.25, 0.3) is 0 Å². The van der Waals surface area contributed by atoms with E-state index in [1.54, 1.807) is 0 Å². The molecular formula is C4H8IN. The minimum absolute atomic E-state index is 0.528. The topological polar surface area (TPSA) is 21.9 Å². The predicted octanol–water partition coefficient (Wildman–Crippen LogP) is 0.783. The van der Waals surface area contributed by atoms with Crippen LogP contribution in [0.4, 0.5) is 0 Å². The lowest BCUT2D eigenvalue weighted by Crippen LogP contribution is -2.09. The normalized spacial score (nSPS) is 43.0. The third-order valence-electron chi connectivity index (χ3n) is 1.08. The Morgan fingerprint density at radius 1 is 2.00 bits per heavy atom. The smallest absolute Gasteiger partial charge is 0.0368 e. The molecule has 0 aromatic carbocycles. The zero-order valence-electron chi connectivity index (χ0n) is 3.79. The van der Waals surface area contributed by atoms with Crippen LogP contribution in [0.1, 0.15) is 6.92 Å². The average Bonchev–Trinajstić information content (AvgIpc) is 2.22. The maximum absolute atomic E-state index is 3.25. The zero-order valence-corrected chi connectivity index (χ0v) is 5.95. The number of halogens is 1. The fraction of sp³-hybridized carbons (Fsp3) is 1.00. The van der Waals surface area contributed by atoms with Gasteiger partial charge in [-0.15, -0.1) is 0 Å². The molecule has 0 radical (unpaired) electrons. The highest BCUT2D eigenvalue weighted by molar-refractivity contribution is 14.1. The molecule has 0 bridgehead atoms. The summed E-state index contributed by atoms with van der Waals surface area (Å²) in [5.74, 6) is 0. The van der Waals surface area contributed by atoms with Crippen molar-refractivity contribution in [1.82, 2.24) is 5.32 Å². The van der Waals surface area contributed by atoms with Crippen molar-refractivity contribution in [2.75, 3.05) is 11.0 Å². The molecule has 0 spiro atoms. The summed E-state index contributed by atoms with van der Waals surface area (Å²) in [6, 6.07) is 0. The summed E-state index contributed by atoms with van der Waals surface area (Å²) in [5, 5.41) is 3.25. The van der Waals surface area contributed by atoms with E-state index in [2.05, 4.69) is 34.8 Å². The molecule has 2 heteroatoms. The van der Waals surface area contributed by atoms with E-state index in [4.69, 9.17) is 0 Å². The summed E-state index contributed by atoms with van der Waals surface area (Å²) < 4.78 is 1.24. The van der Waals surface area contributed by atoms with Gasteiger partial charge in [0.1, 0.15) is 0 Å². The summed E-state index contributed by atoms with van der Waals surface area (Å²) in [4.78, 5) is 0. The summed E-state index contributed by atoms with van der Waals surface area (Å²) in [6.45, 7) is 3.45. The van der Waals surface area contributed by atoms with Crippen LogP contribution in [0, 0.1) is 0 Å². The quantitative estimate of drug-likeness (QED) is 0.374. The molecule has 0 aromatic heterocycles. The van der Waals surface area contributed by atoms with E-state index in [1.165, 1.54) is 11.0 Å². The van der Waals surface area contributed by atoms with Crippen LogP contribution >= 0.6 is 22.6 Å². The van der Waals surface area contributed by atoms with Crippen molar-refractivity contribution in [3.05, 3.63) is 0 Å². The van der Waals surface area contributed by atoms with Gasteiger partial charge in [-0.1, -0.05) is 22.6 Å². The van der Waals surface area contributed by atoms with Crippen LogP contribution in [0.3, 0.4) is 0 Å². The third-order valence-corrected chi connectivity index (χ3v) is 2.76. The molecule has 1 rings (SSSR count). The Balaban J connectivity index is 2.28. The highest BCUT2D eigenvalue weighted by atomic mass is 127. The van der Waals surface area contributed by atoms with Crippen molar-refractivity contribution >= 4 is 22.6 Å². The molecule has 0 aliphatic carbocycles. The van der Waals surface area contributed by atoms with Crippen LogP contribution in [-0.2, 0) is 0 Å². The Morgan fingerprint density at radius 2 is 2.50 bits per heavy atom. The van der Waals surface area contributed by atoms with Gasteiger partial charge in [-0.2, -0.15) is 0 Å². The molecule has 1 heterocycles. The van der Waals surface area contributed by atoms with Crippen LogP contribution in [0.15, 0.2) is 0 Å². The van der Waals surface area contributed by atoms with Gasteiger partial charge in [0.2, 0.25) is 0 Å². The number of rotatable bonds is 1. The molecule has 1 fully saturated rings. The first-order valence-electron chi connectivity index (χ1n) is 2.08. The monoisotopic (exact) mass is 197 g/mol. The van der Waals surface area contributed by atoms with Gasteiger partial charge in [-0.25, -0.2) is 0 Å². The van der Waals surface area contributed by atoms with Crippen molar-refractivity contribution in [2.24, 2.45) is 0 Å². The van der Waals surface area contributed by atoms with Crippen molar-refractivity contribution < 1.29 is 0 Å². The van der Waals surface area contributed by atoms with Crippen LogP contribution in [0.5, 0.6) is 0 Å². The molecule has 1 atom stereocenters. The first-order valence-corrected chi connectivity index (χ1v) is 3.60. The molecule has 0 saturated carbocycles. The predicted molar refractivity (Wildman–Crippen MR) is 35.3 cm³/mol. The Bertz CT molecular complexity index is 58.6. The molecule has 1 aliphatic rings. The highest BCUT2D eigenvalue weighted by Crippen LogP contribution is 2.17. The molecule has 1 N–H and O–H groups in total. The van der Waals surface area contributed by atoms with Gasteiger partial charge < -0.3 is 5.32 Å². The molecule has 1 aliphatic heterocycles. The lowest BCUT2D eigenvalue weighted by Gasteiger charge is -1.93. The van der Waals surface area contributed by atoms with Crippen LogP contribution in [0.2, 0.25) is 0 Å². The summed E-state index contributed by atoms with van der Waals surface area (Å²) >= 11 is 2.39. The standard InChI is InChI=1S/C4H8IN/c1-4(2-5)3-6-4/h6H,2-3H2,1H3/t4-/m0/s1. The van der Waals surface area contributed by atoms with E-state index in [-0.39, 0.29) is 0 Å². The van der Waals surface area contributed by atoms with E-state index in [0.717, 1.165) is 0 Å². The molecule has 0 unspecified atom stereocenters. The second-order valence-corrected chi connectivity index (χ2v) is 2.81. The summed E-state index contributed by atoms with van der Waals surface area (Å²) in [5.41, 5.74) is 0.528. The third kappa shape index (κ3) is 0.846. The molecule has 0 amide bonds. The fourth-order valence-corrected chi connectivity index (χ4v) is 0.785. The van der Waals surface area contributed by atoms with Crippen LogP contribution in [0.25, 0.3) is 0 Å². The second kappa shape index (κ2) is 1.33. The minimum atomic E-state index is 0.528. The first-order chi connectivity index (χ1) is 2.77. The van der Waals surface area contributed by atoms with Crippen molar-refractivity contribution in [3.8, 4) is 0 Å².